The van der Waals surface area contributed by atoms with E-state index in [0.717, 1.165) is 37.1 Å². The molecule has 1 aliphatic rings. The summed E-state index contributed by atoms with van der Waals surface area (Å²) in [5.41, 5.74) is 0. The fraction of sp³-hybridized carbons (Fsp3) is 0.571. The lowest BCUT2D eigenvalue weighted by atomic mass is 10.3. The standard InChI is InChI=1S/C14H21O3S/c1-2-15-7-8-17-13-3-5-14(6-4-13)18-11-9-16-10-12-18/h3-6H,2,7-12H2,1H3/q+1. The minimum absolute atomic E-state index is 0.370. The number of rotatable bonds is 6. The summed E-state index contributed by atoms with van der Waals surface area (Å²) in [4.78, 5) is 1.43. The Morgan fingerprint density at radius 1 is 1.11 bits per heavy atom. The van der Waals surface area contributed by atoms with Crippen molar-refractivity contribution in [3.63, 3.8) is 0 Å². The van der Waals surface area contributed by atoms with Gasteiger partial charge in [0.1, 0.15) is 23.9 Å². The lowest BCUT2D eigenvalue weighted by molar-refractivity contribution is 0.110. The molecule has 0 unspecified atom stereocenters. The quantitative estimate of drug-likeness (QED) is 0.585. The van der Waals surface area contributed by atoms with E-state index < -0.39 is 0 Å². The summed E-state index contributed by atoms with van der Waals surface area (Å²) < 4.78 is 16.2. The van der Waals surface area contributed by atoms with Crippen LogP contribution in [0, 0.1) is 0 Å². The molecule has 1 aromatic rings. The Hall–Kier alpha value is -0.710. The van der Waals surface area contributed by atoms with Gasteiger partial charge in [0.05, 0.1) is 19.8 Å². The lowest BCUT2D eigenvalue weighted by Crippen LogP contribution is -2.26. The summed E-state index contributed by atoms with van der Waals surface area (Å²) in [6.07, 6.45) is 0. The van der Waals surface area contributed by atoms with Crippen LogP contribution in [0.4, 0.5) is 0 Å². The van der Waals surface area contributed by atoms with E-state index in [0.29, 0.717) is 24.1 Å². The first kappa shape index (κ1) is 13.7. The average Bonchev–Trinajstić information content (AvgIpc) is 2.45. The molecule has 2 rings (SSSR count). The van der Waals surface area contributed by atoms with E-state index in [2.05, 4.69) is 24.3 Å². The fourth-order valence-electron chi connectivity index (χ4n) is 1.85. The van der Waals surface area contributed by atoms with Crippen molar-refractivity contribution in [1.29, 1.82) is 0 Å². The van der Waals surface area contributed by atoms with Gasteiger partial charge in [0, 0.05) is 17.5 Å². The molecule has 0 aliphatic carbocycles. The van der Waals surface area contributed by atoms with Crippen LogP contribution >= 0.6 is 0 Å². The Morgan fingerprint density at radius 2 is 1.83 bits per heavy atom. The molecule has 3 nitrogen and oxygen atoms in total. The van der Waals surface area contributed by atoms with E-state index in [1.807, 2.05) is 6.92 Å². The van der Waals surface area contributed by atoms with Gasteiger partial charge in [-0.05, 0) is 31.2 Å². The monoisotopic (exact) mass is 269 g/mol. The third kappa shape index (κ3) is 4.19. The molecule has 0 spiro atoms. The van der Waals surface area contributed by atoms with Crippen molar-refractivity contribution in [2.75, 3.05) is 44.5 Å². The molecule has 1 heterocycles. The maximum Gasteiger partial charge on any atom is 0.155 e. The van der Waals surface area contributed by atoms with Gasteiger partial charge in [0.25, 0.3) is 0 Å². The largest absolute Gasteiger partial charge is 0.491 e. The SMILES string of the molecule is CCOCCOc1ccc([S+]2CCOCC2)cc1. The molecular weight excluding hydrogens is 248 g/mol. The Kier molecular flexibility index (Phi) is 5.84. The molecule has 0 saturated carbocycles. The summed E-state index contributed by atoms with van der Waals surface area (Å²) in [6.45, 7) is 5.80. The molecule has 0 N–H and O–H groups in total. The minimum atomic E-state index is 0.370. The van der Waals surface area contributed by atoms with Gasteiger partial charge in [-0.2, -0.15) is 0 Å². The third-order valence-electron chi connectivity index (χ3n) is 2.81. The predicted octanol–water partition coefficient (Wildman–Crippen LogP) is 2.11. The molecule has 0 bridgehead atoms. The van der Waals surface area contributed by atoms with E-state index in [1.165, 1.54) is 4.90 Å². The van der Waals surface area contributed by atoms with E-state index >= 15 is 0 Å². The van der Waals surface area contributed by atoms with Crippen LogP contribution in [0.15, 0.2) is 29.2 Å². The van der Waals surface area contributed by atoms with E-state index in [-0.39, 0.29) is 0 Å². The van der Waals surface area contributed by atoms with Gasteiger partial charge < -0.3 is 14.2 Å². The zero-order chi connectivity index (χ0) is 12.6. The average molecular weight is 269 g/mol. The van der Waals surface area contributed by atoms with Gasteiger partial charge >= 0.3 is 0 Å². The fourth-order valence-corrected chi connectivity index (χ4v) is 3.68. The van der Waals surface area contributed by atoms with Crippen molar-refractivity contribution in [3.8, 4) is 5.75 Å². The van der Waals surface area contributed by atoms with E-state index in [4.69, 9.17) is 14.2 Å². The van der Waals surface area contributed by atoms with Crippen LogP contribution in [0.2, 0.25) is 0 Å². The number of hydrogen-bond acceptors (Lipinski definition) is 3. The maximum absolute atomic E-state index is 5.60. The molecule has 0 radical (unpaired) electrons. The zero-order valence-electron chi connectivity index (χ0n) is 10.9. The predicted molar refractivity (Wildman–Crippen MR) is 74.6 cm³/mol. The van der Waals surface area contributed by atoms with Crippen molar-refractivity contribution in [2.45, 2.75) is 11.8 Å². The first-order valence-corrected chi connectivity index (χ1v) is 8.02. The highest BCUT2D eigenvalue weighted by Crippen LogP contribution is 2.20. The first-order valence-electron chi connectivity index (χ1n) is 6.46. The number of hydrogen-bond donors (Lipinski definition) is 0. The van der Waals surface area contributed by atoms with Crippen LogP contribution < -0.4 is 4.74 Å². The lowest BCUT2D eigenvalue weighted by Gasteiger charge is -2.14. The first-order chi connectivity index (χ1) is 8.90. The molecule has 18 heavy (non-hydrogen) atoms. The van der Waals surface area contributed by atoms with Gasteiger partial charge in [-0.15, -0.1) is 0 Å². The molecular formula is C14H21O3S+. The van der Waals surface area contributed by atoms with E-state index in [9.17, 15) is 0 Å². The Bertz CT molecular complexity index is 333. The summed E-state index contributed by atoms with van der Waals surface area (Å²) in [5.74, 6) is 3.24. The maximum atomic E-state index is 5.60. The van der Waals surface area contributed by atoms with Crippen LogP contribution in [0.3, 0.4) is 0 Å². The smallest absolute Gasteiger partial charge is 0.155 e. The Morgan fingerprint density at radius 3 is 2.50 bits per heavy atom. The van der Waals surface area contributed by atoms with Crippen LogP contribution in [0.5, 0.6) is 5.75 Å². The number of benzene rings is 1. The van der Waals surface area contributed by atoms with Gasteiger partial charge in [0.15, 0.2) is 4.90 Å². The minimum Gasteiger partial charge on any atom is -0.491 e. The van der Waals surface area contributed by atoms with Crippen molar-refractivity contribution in [3.05, 3.63) is 24.3 Å². The molecule has 1 saturated heterocycles. The second kappa shape index (κ2) is 7.67. The topological polar surface area (TPSA) is 27.7 Å². The normalized spacial score (nSPS) is 16.7. The molecule has 0 amide bonds. The van der Waals surface area contributed by atoms with Crippen molar-refractivity contribution >= 4 is 10.9 Å². The molecule has 1 aromatic carbocycles. The van der Waals surface area contributed by atoms with Crippen LogP contribution in [0.25, 0.3) is 0 Å². The van der Waals surface area contributed by atoms with Crippen molar-refractivity contribution in [2.24, 2.45) is 0 Å². The van der Waals surface area contributed by atoms with Crippen LogP contribution in [0.1, 0.15) is 6.92 Å². The van der Waals surface area contributed by atoms with Crippen LogP contribution in [-0.2, 0) is 20.4 Å². The van der Waals surface area contributed by atoms with Gasteiger partial charge in [0.2, 0.25) is 0 Å². The summed E-state index contributed by atoms with van der Waals surface area (Å²) in [6, 6.07) is 8.49. The number of ether oxygens (including phenoxy) is 3. The van der Waals surface area contributed by atoms with Crippen molar-refractivity contribution < 1.29 is 14.2 Å². The molecule has 4 heteroatoms. The zero-order valence-corrected chi connectivity index (χ0v) is 11.7. The molecule has 1 fully saturated rings. The highest BCUT2D eigenvalue weighted by Gasteiger charge is 2.24. The second-order valence-electron chi connectivity index (χ2n) is 4.03. The highest BCUT2D eigenvalue weighted by molar-refractivity contribution is 7.97. The summed E-state index contributed by atoms with van der Waals surface area (Å²) in [7, 11) is 0.370. The Balaban J connectivity index is 1.81. The van der Waals surface area contributed by atoms with Crippen molar-refractivity contribution in [1.82, 2.24) is 0 Å². The summed E-state index contributed by atoms with van der Waals surface area (Å²) >= 11 is 0. The van der Waals surface area contributed by atoms with E-state index in [1.54, 1.807) is 0 Å². The highest BCUT2D eigenvalue weighted by atomic mass is 32.2. The second-order valence-corrected chi connectivity index (χ2v) is 6.30. The molecule has 100 valence electrons. The van der Waals surface area contributed by atoms with Gasteiger partial charge in [-0.1, -0.05) is 0 Å². The van der Waals surface area contributed by atoms with Crippen LogP contribution in [-0.4, -0.2) is 44.5 Å². The molecule has 0 aromatic heterocycles. The molecule has 0 atom stereocenters. The Labute approximate surface area is 112 Å². The van der Waals surface area contributed by atoms with Gasteiger partial charge in [-0.3, -0.25) is 0 Å². The summed E-state index contributed by atoms with van der Waals surface area (Å²) in [5, 5.41) is 0. The third-order valence-corrected chi connectivity index (χ3v) is 5.06. The van der Waals surface area contributed by atoms with Gasteiger partial charge in [-0.25, -0.2) is 0 Å². The molecule has 1 aliphatic heterocycles.